The number of nitrogens with two attached hydrogens (primary N) is 1. The second-order valence-electron chi connectivity index (χ2n) is 10.2. The van der Waals surface area contributed by atoms with Gasteiger partial charge in [-0.15, -0.1) is 0 Å². The highest BCUT2D eigenvalue weighted by atomic mass is 31.2. The molecule has 1 aliphatic carbocycles. The van der Waals surface area contributed by atoms with Gasteiger partial charge in [-0.2, -0.15) is 0 Å². The molecule has 1 saturated carbocycles. The van der Waals surface area contributed by atoms with Gasteiger partial charge in [0.15, 0.2) is 11.5 Å². The van der Waals surface area contributed by atoms with Gasteiger partial charge in [-0.1, -0.05) is 13.3 Å². The molecule has 38 heavy (non-hydrogen) atoms. The molecule has 0 spiro atoms. The van der Waals surface area contributed by atoms with Crippen molar-refractivity contribution in [2.45, 2.75) is 97.1 Å². The fourth-order valence-electron chi connectivity index (χ4n) is 3.80. The van der Waals surface area contributed by atoms with Crippen LogP contribution in [0.3, 0.4) is 0 Å². The highest BCUT2D eigenvalue weighted by Gasteiger charge is 2.39. The van der Waals surface area contributed by atoms with E-state index in [2.05, 4.69) is 25.1 Å². The quantitative estimate of drug-likeness (QED) is 0.167. The van der Waals surface area contributed by atoms with Crippen molar-refractivity contribution >= 4 is 36.4 Å². The maximum Gasteiger partial charge on any atom is 0.326 e. The Morgan fingerprint density at radius 3 is 2.66 bits per heavy atom. The summed E-state index contributed by atoms with van der Waals surface area (Å²) in [4.78, 5) is 37.7. The lowest BCUT2D eigenvalue weighted by molar-refractivity contribution is -0.154. The van der Waals surface area contributed by atoms with Gasteiger partial charge in [0.1, 0.15) is 35.9 Å². The number of rotatable bonds is 15. The number of imidazole rings is 1. The number of nitrogens with zero attached hydrogens (tertiary/aromatic N) is 4. The molecule has 0 aromatic carbocycles. The third-order valence-corrected chi connectivity index (χ3v) is 8.45. The van der Waals surface area contributed by atoms with E-state index < -0.39 is 37.1 Å². The van der Waals surface area contributed by atoms with Crippen LogP contribution in [0.1, 0.15) is 66.7 Å². The first-order chi connectivity index (χ1) is 17.9. The second-order valence-corrected chi connectivity index (χ2v) is 12.5. The Morgan fingerprint density at radius 1 is 1.26 bits per heavy atom. The fraction of sp³-hybridized carbons (Fsp3) is 0.708. The van der Waals surface area contributed by atoms with Crippen LogP contribution in [0.2, 0.25) is 0 Å². The van der Waals surface area contributed by atoms with Crippen molar-refractivity contribution in [2.24, 2.45) is 0 Å². The topological polar surface area (TPSA) is 173 Å². The highest BCUT2D eigenvalue weighted by molar-refractivity contribution is 7.59. The minimum absolute atomic E-state index is 0.108. The first kappa shape index (κ1) is 29.9. The van der Waals surface area contributed by atoms with Gasteiger partial charge in [-0.25, -0.2) is 25.1 Å². The number of nitrogens with one attached hydrogen (secondary N) is 2. The number of unbranched alkanes of at least 4 members (excludes halogenated alkanes) is 1. The summed E-state index contributed by atoms with van der Waals surface area (Å²) in [6.45, 7) is 9.15. The fourth-order valence-corrected chi connectivity index (χ4v) is 6.20. The van der Waals surface area contributed by atoms with E-state index in [0.717, 1.165) is 32.1 Å². The summed E-state index contributed by atoms with van der Waals surface area (Å²) in [5, 5.41) is 5.75. The van der Waals surface area contributed by atoms with E-state index in [0.29, 0.717) is 17.7 Å². The first-order valence-electron chi connectivity index (χ1n) is 13.0. The van der Waals surface area contributed by atoms with Gasteiger partial charge in [0.2, 0.25) is 7.44 Å². The molecule has 3 atom stereocenters. The lowest BCUT2D eigenvalue weighted by atomic mass is 9.96. The van der Waals surface area contributed by atoms with Crippen molar-refractivity contribution in [3.05, 3.63) is 12.7 Å². The zero-order chi connectivity index (χ0) is 27.9. The maximum atomic E-state index is 14.1. The molecule has 4 N–H and O–H groups in total. The van der Waals surface area contributed by atoms with Crippen LogP contribution in [0.15, 0.2) is 12.7 Å². The number of anilines is 1. The molecule has 0 saturated heterocycles. The standard InChI is InChI=1S/C24H40N7O6P/c1-6-7-11-35-23(33)24(4,5)30-38(34,29-17(3)22(32)37-18-9-8-10-18)15-36-16(2)12-31-14-28-19-20(25)26-13-27-21(19)31/h13-14,16-18H,6-12,15H2,1-5H3,(H2,25,26,27)(H2,29,30,34)/t16-,17-,38+/m1/s1. The first-order valence-corrected chi connectivity index (χ1v) is 14.9. The summed E-state index contributed by atoms with van der Waals surface area (Å²) in [7, 11) is -3.67. The van der Waals surface area contributed by atoms with Crippen LogP contribution in [-0.4, -0.2) is 68.2 Å². The van der Waals surface area contributed by atoms with Gasteiger partial charge >= 0.3 is 11.9 Å². The van der Waals surface area contributed by atoms with E-state index in [9.17, 15) is 14.2 Å². The molecule has 0 unspecified atom stereocenters. The van der Waals surface area contributed by atoms with Crippen LogP contribution in [0, 0.1) is 0 Å². The Balaban J connectivity index is 1.69. The van der Waals surface area contributed by atoms with Crippen LogP contribution in [0.25, 0.3) is 11.2 Å². The summed E-state index contributed by atoms with van der Waals surface area (Å²) in [5.74, 6) is -0.779. The minimum Gasteiger partial charge on any atom is -0.464 e. The molecule has 0 aliphatic heterocycles. The van der Waals surface area contributed by atoms with Crippen molar-refractivity contribution in [1.29, 1.82) is 0 Å². The van der Waals surface area contributed by atoms with Crippen molar-refractivity contribution < 1.29 is 28.4 Å². The predicted molar refractivity (Wildman–Crippen MR) is 142 cm³/mol. The monoisotopic (exact) mass is 553 g/mol. The number of hydrogen-bond acceptors (Lipinski definition) is 10. The van der Waals surface area contributed by atoms with E-state index in [1.165, 1.54) is 6.33 Å². The Morgan fingerprint density at radius 2 is 2.00 bits per heavy atom. The molecule has 212 valence electrons. The Kier molecular flexibility index (Phi) is 10.2. The van der Waals surface area contributed by atoms with Crippen LogP contribution < -0.4 is 15.9 Å². The Labute approximate surface area is 223 Å². The van der Waals surface area contributed by atoms with Crippen molar-refractivity contribution in [2.75, 3.05) is 18.7 Å². The second kappa shape index (κ2) is 13.0. The van der Waals surface area contributed by atoms with Crippen molar-refractivity contribution in [1.82, 2.24) is 29.7 Å². The number of esters is 2. The zero-order valence-electron chi connectivity index (χ0n) is 22.8. The summed E-state index contributed by atoms with van der Waals surface area (Å²) < 4.78 is 32.6. The Hall–Kier alpha value is -2.60. The van der Waals surface area contributed by atoms with Gasteiger partial charge in [-0.05, 0) is 53.4 Å². The van der Waals surface area contributed by atoms with E-state index >= 15 is 0 Å². The van der Waals surface area contributed by atoms with Gasteiger partial charge in [0.25, 0.3) is 0 Å². The third-order valence-electron chi connectivity index (χ3n) is 6.22. The number of ether oxygens (including phenoxy) is 3. The maximum absolute atomic E-state index is 14.1. The molecule has 0 radical (unpaired) electrons. The van der Waals surface area contributed by atoms with E-state index in [-0.39, 0.29) is 24.9 Å². The molecular formula is C24H40N7O6P. The van der Waals surface area contributed by atoms with Crippen LogP contribution in [0.5, 0.6) is 0 Å². The molecule has 2 aromatic rings. The number of fused-ring (bicyclic) bond motifs is 1. The average Bonchev–Trinajstić information content (AvgIpc) is 3.23. The largest absolute Gasteiger partial charge is 0.464 e. The lowest BCUT2D eigenvalue weighted by Crippen LogP contribution is -2.50. The molecule has 1 fully saturated rings. The van der Waals surface area contributed by atoms with Crippen molar-refractivity contribution in [3.8, 4) is 0 Å². The van der Waals surface area contributed by atoms with E-state index in [1.54, 1.807) is 38.6 Å². The molecule has 2 heterocycles. The van der Waals surface area contributed by atoms with Crippen LogP contribution in [0.4, 0.5) is 5.82 Å². The zero-order valence-corrected chi connectivity index (χ0v) is 23.7. The normalized spacial score (nSPS) is 17.4. The van der Waals surface area contributed by atoms with Gasteiger partial charge in [0, 0.05) is 0 Å². The molecule has 0 amide bonds. The van der Waals surface area contributed by atoms with E-state index in [4.69, 9.17) is 19.9 Å². The smallest absolute Gasteiger partial charge is 0.326 e. The summed E-state index contributed by atoms with van der Waals surface area (Å²) in [6.07, 6.45) is 6.36. The van der Waals surface area contributed by atoms with Gasteiger partial charge in [-0.3, -0.25) is 14.2 Å². The summed E-state index contributed by atoms with van der Waals surface area (Å²) >= 11 is 0. The highest BCUT2D eigenvalue weighted by Crippen LogP contribution is 2.40. The SMILES string of the molecule is CCCCOC(=O)C(C)(C)N[P@](=O)(CO[C@H](C)Cn1cnc2c(N)ncnc21)N[C@H](C)C(=O)OC1CCC1. The minimum atomic E-state index is -3.67. The molecule has 14 heteroatoms. The number of carbonyl (C=O) groups is 2. The summed E-state index contributed by atoms with van der Waals surface area (Å²) in [6, 6.07) is -0.892. The number of aromatic nitrogens is 4. The molecular weight excluding hydrogens is 513 g/mol. The number of carbonyl (C=O) groups excluding carboxylic acids is 2. The molecule has 0 bridgehead atoms. The summed E-state index contributed by atoms with van der Waals surface area (Å²) in [5.41, 5.74) is 5.59. The van der Waals surface area contributed by atoms with E-state index in [1.807, 2.05) is 6.92 Å². The third kappa shape index (κ3) is 7.95. The number of hydrogen-bond donors (Lipinski definition) is 3. The molecule has 2 aromatic heterocycles. The Bertz CT molecular complexity index is 1150. The average molecular weight is 554 g/mol. The molecule has 13 nitrogen and oxygen atoms in total. The van der Waals surface area contributed by atoms with Gasteiger partial charge in [0.05, 0.1) is 25.6 Å². The van der Waals surface area contributed by atoms with Crippen LogP contribution in [-0.2, 0) is 34.9 Å². The van der Waals surface area contributed by atoms with Crippen LogP contribution >= 0.6 is 7.44 Å². The van der Waals surface area contributed by atoms with Gasteiger partial charge < -0.3 is 24.5 Å². The molecule has 1 aliphatic rings. The predicted octanol–water partition coefficient (Wildman–Crippen LogP) is 2.75. The van der Waals surface area contributed by atoms with Crippen molar-refractivity contribution in [3.63, 3.8) is 0 Å². The lowest BCUT2D eigenvalue weighted by Gasteiger charge is -2.33. The number of nitrogen functional groups attached to an aromatic ring is 1. The molecule has 3 rings (SSSR count).